The van der Waals surface area contributed by atoms with Crippen molar-refractivity contribution in [2.75, 3.05) is 20.1 Å². The maximum Gasteiger partial charge on any atom is 0.256 e. The number of nitrogens with zero attached hydrogens (tertiary/aromatic N) is 3. The molecule has 1 fully saturated rings. The number of rotatable bonds is 2. The van der Waals surface area contributed by atoms with Crippen molar-refractivity contribution in [3.05, 3.63) is 58.1 Å². The molecular weight excluding hydrogens is 262 g/mol. The Balaban J connectivity index is 1.86. The molecule has 0 aliphatic carbocycles. The van der Waals surface area contributed by atoms with E-state index in [1.54, 1.807) is 16.8 Å². The minimum absolute atomic E-state index is 0.00258. The summed E-state index contributed by atoms with van der Waals surface area (Å²) in [6.07, 6.45) is 5.89. The summed E-state index contributed by atoms with van der Waals surface area (Å²) >= 11 is 0. The van der Waals surface area contributed by atoms with Crippen molar-refractivity contribution in [1.82, 2.24) is 14.5 Å². The van der Waals surface area contributed by atoms with Gasteiger partial charge in [0.25, 0.3) is 5.56 Å². The fourth-order valence-corrected chi connectivity index (χ4v) is 2.88. The van der Waals surface area contributed by atoms with E-state index in [0.717, 1.165) is 37.1 Å². The van der Waals surface area contributed by atoms with Crippen LogP contribution in [0.15, 0.2) is 41.5 Å². The molecule has 1 saturated heterocycles. The molecule has 0 radical (unpaired) electrons. The average Bonchev–Trinajstić information content (AvgIpc) is 2.49. The number of hydrogen-bond acceptors (Lipinski definition) is 3. The van der Waals surface area contributed by atoms with Crippen LogP contribution in [0, 0.1) is 6.92 Å². The number of aryl methyl sites for hydroxylation is 1. The van der Waals surface area contributed by atoms with Crippen LogP contribution >= 0.6 is 0 Å². The van der Waals surface area contributed by atoms with Gasteiger partial charge in [-0.25, -0.2) is 4.98 Å². The SMILES string of the molecule is Cc1ccc(-n2ccc(C3CCN(C)CC3)cc2=O)nc1. The quantitative estimate of drug-likeness (QED) is 0.849. The first-order valence-corrected chi connectivity index (χ1v) is 7.47. The number of piperidine rings is 1. The minimum Gasteiger partial charge on any atom is -0.306 e. The number of pyridine rings is 2. The Labute approximate surface area is 125 Å². The molecule has 0 bridgehead atoms. The Morgan fingerprint density at radius 2 is 1.95 bits per heavy atom. The zero-order chi connectivity index (χ0) is 14.8. The molecule has 0 N–H and O–H groups in total. The van der Waals surface area contributed by atoms with Crippen molar-refractivity contribution in [3.8, 4) is 5.82 Å². The predicted molar refractivity (Wildman–Crippen MR) is 84.0 cm³/mol. The van der Waals surface area contributed by atoms with E-state index in [4.69, 9.17) is 0 Å². The number of likely N-dealkylation sites (tertiary alicyclic amines) is 1. The van der Waals surface area contributed by atoms with Crippen molar-refractivity contribution in [2.45, 2.75) is 25.7 Å². The molecule has 2 aromatic heterocycles. The largest absolute Gasteiger partial charge is 0.306 e. The molecule has 0 unspecified atom stereocenters. The maximum atomic E-state index is 12.3. The van der Waals surface area contributed by atoms with Gasteiger partial charge in [-0.3, -0.25) is 9.36 Å². The smallest absolute Gasteiger partial charge is 0.256 e. The molecule has 1 aliphatic rings. The maximum absolute atomic E-state index is 12.3. The van der Waals surface area contributed by atoms with Gasteiger partial charge in [-0.1, -0.05) is 6.07 Å². The minimum atomic E-state index is 0.00258. The van der Waals surface area contributed by atoms with E-state index in [9.17, 15) is 4.79 Å². The third kappa shape index (κ3) is 3.05. The Bertz CT molecular complexity index is 667. The zero-order valence-electron chi connectivity index (χ0n) is 12.6. The summed E-state index contributed by atoms with van der Waals surface area (Å²) in [5.74, 6) is 1.19. The molecule has 0 spiro atoms. The summed E-state index contributed by atoms with van der Waals surface area (Å²) in [5.41, 5.74) is 2.26. The van der Waals surface area contributed by atoms with Crippen molar-refractivity contribution < 1.29 is 0 Å². The normalized spacial score (nSPS) is 17.0. The highest BCUT2D eigenvalue weighted by molar-refractivity contribution is 5.28. The lowest BCUT2D eigenvalue weighted by Crippen LogP contribution is -2.30. The highest BCUT2D eigenvalue weighted by atomic mass is 16.1. The Morgan fingerprint density at radius 3 is 2.57 bits per heavy atom. The molecule has 0 amide bonds. The molecule has 110 valence electrons. The standard InChI is InChI=1S/C17H21N3O/c1-13-3-4-16(18-12-13)20-10-7-15(11-17(20)21)14-5-8-19(2)9-6-14/h3-4,7,10-12,14H,5-6,8-9H2,1-2H3. The first-order valence-electron chi connectivity index (χ1n) is 7.47. The van der Waals surface area contributed by atoms with Crippen LogP contribution in [0.5, 0.6) is 0 Å². The van der Waals surface area contributed by atoms with Crippen molar-refractivity contribution in [3.63, 3.8) is 0 Å². The van der Waals surface area contributed by atoms with Crippen LogP contribution in [-0.2, 0) is 0 Å². The van der Waals surface area contributed by atoms with Gasteiger partial charge >= 0.3 is 0 Å². The van der Waals surface area contributed by atoms with Crippen molar-refractivity contribution in [2.24, 2.45) is 0 Å². The molecule has 0 aromatic carbocycles. The predicted octanol–water partition coefficient (Wildman–Crippen LogP) is 2.35. The van der Waals surface area contributed by atoms with Gasteiger partial charge in [-0.2, -0.15) is 0 Å². The van der Waals surface area contributed by atoms with Crippen LogP contribution in [-0.4, -0.2) is 34.6 Å². The first-order chi connectivity index (χ1) is 10.1. The molecule has 2 aromatic rings. The lowest BCUT2D eigenvalue weighted by atomic mass is 9.90. The molecule has 3 heterocycles. The van der Waals surface area contributed by atoms with Crippen LogP contribution in [0.1, 0.15) is 29.9 Å². The molecule has 0 atom stereocenters. The first kappa shape index (κ1) is 14.0. The molecule has 4 heteroatoms. The summed E-state index contributed by atoms with van der Waals surface area (Å²) in [7, 11) is 2.15. The lowest BCUT2D eigenvalue weighted by molar-refractivity contribution is 0.255. The van der Waals surface area contributed by atoms with E-state index in [-0.39, 0.29) is 5.56 Å². The molecular formula is C17H21N3O. The van der Waals surface area contributed by atoms with Gasteiger partial charge in [0.15, 0.2) is 0 Å². The second-order valence-corrected chi connectivity index (χ2v) is 5.94. The average molecular weight is 283 g/mol. The zero-order valence-corrected chi connectivity index (χ0v) is 12.6. The van der Waals surface area contributed by atoms with Gasteiger partial charge in [0.05, 0.1) is 0 Å². The van der Waals surface area contributed by atoms with Crippen molar-refractivity contribution >= 4 is 0 Å². The van der Waals surface area contributed by atoms with Gasteiger partial charge in [-0.15, -0.1) is 0 Å². The van der Waals surface area contributed by atoms with E-state index in [2.05, 4.69) is 23.0 Å². The van der Waals surface area contributed by atoms with Crippen LogP contribution in [0.4, 0.5) is 0 Å². The molecule has 0 saturated carbocycles. The Kier molecular flexibility index (Phi) is 3.88. The Hall–Kier alpha value is -1.94. The molecule has 1 aliphatic heterocycles. The van der Waals surface area contributed by atoms with Gasteiger partial charge < -0.3 is 4.90 Å². The monoisotopic (exact) mass is 283 g/mol. The summed E-state index contributed by atoms with van der Waals surface area (Å²) < 4.78 is 1.61. The van der Waals surface area contributed by atoms with Crippen LogP contribution in [0.3, 0.4) is 0 Å². The fourth-order valence-electron chi connectivity index (χ4n) is 2.88. The number of hydrogen-bond donors (Lipinski definition) is 0. The van der Waals surface area contributed by atoms with Gasteiger partial charge in [0.1, 0.15) is 5.82 Å². The van der Waals surface area contributed by atoms with Gasteiger partial charge in [0, 0.05) is 18.5 Å². The van der Waals surface area contributed by atoms with E-state index < -0.39 is 0 Å². The number of aromatic nitrogens is 2. The highest BCUT2D eigenvalue weighted by Gasteiger charge is 2.19. The third-order valence-corrected chi connectivity index (χ3v) is 4.28. The summed E-state index contributed by atoms with van der Waals surface area (Å²) in [6.45, 7) is 4.20. The second-order valence-electron chi connectivity index (χ2n) is 5.94. The molecule has 3 rings (SSSR count). The molecule has 21 heavy (non-hydrogen) atoms. The topological polar surface area (TPSA) is 38.1 Å². The third-order valence-electron chi connectivity index (χ3n) is 4.28. The summed E-state index contributed by atoms with van der Waals surface area (Å²) in [6, 6.07) is 7.70. The van der Waals surface area contributed by atoms with E-state index in [1.165, 1.54) is 0 Å². The van der Waals surface area contributed by atoms with Gasteiger partial charge in [0.2, 0.25) is 0 Å². The summed E-state index contributed by atoms with van der Waals surface area (Å²) in [5, 5.41) is 0. The van der Waals surface area contributed by atoms with E-state index in [0.29, 0.717) is 11.7 Å². The highest BCUT2D eigenvalue weighted by Crippen LogP contribution is 2.26. The second kappa shape index (κ2) is 5.82. The molecule has 4 nitrogen and oxygen atoms in total. The van der Waals surface area contributed by atoms with Crippen LogP contribution < -0.4 is 5.56 Å². The van der Waals surface area contributed by atoms with Crippen LogP contribution in [0.2, 0.25) is 0 Å². The lowest BCUT2D eigenvalue weighted by Gasteiger charge is -2.29. The Morgan fingerprint density at radius 1 is 1.19 bits per heavy atom. The van der Waals surface area contributed by atoms with E-state index >= 15 is 0 Å². The van der Waals surface area contributed by atoms with Crippen LogP contribution in [0.25, 0.3) is 5.82 Å². The summed E-state index contributed by atoms with van der Waals surface area (Å²) in [4.78, 5) is 19.0. The van der Waals surface area contributed by atoms with Crippen molar-refractivity contribution in [1.29, 1.82) is 0 Å². The van der Waals surface area contributed by atoms with E-state index in [1.807, 2.05) is 25.3 Å². The van der Waals surface area contributed by atoms with Gasteiger partial charge in [-0.05, 0) is 69.1 Å². The fraction of sp³-hybridized carbons (Fsp3) is 0.412.